The molecule has 1 aromatic rings. The van der Waals surface area contributed by atoms with Crippen LogP contribution in [0.2, 0.25) is 0 Å². The third-order valence-electron chi connectivity index (χ3n) is 0.780. The van der Waals surface area contributed by atoms with E-state index in [1.54, 1.807) is 13.1 Å². The fourth-order valence-electron chi connectivity index (χ4n) is 0.476. The Hall–Kier alpha value is -1.12. The van der Waals surface area contributed by atoms with E-state index in [1.807, 2.05) is 0 Å². The SMILES string of the molecule is Cc1cncc(=O)[nH]1. The zero-order chi connectivity index (χ0) is 5.98. The molecule has 8 heavy (non-hydrogen) atoms. The van der Waals surface area contributed by atoms with E-state index in [1.165, 1.54) is 6.20 Å². The summed E-state index contributed by atoms with van der Waals surface area (Å²) in [6.07, 6.45) is 2.84. The molecule has 0 radical (unpaired) electrons. The Labute approximate surface area is 46.4 Å². The van der Waals surface area contributed by atoms with E-state index in [4.69, 9.17) is 0 Å². The normalized spacial score (nSPS) is 9.12. The van der Waals surface area contributed by atoms with Crippen LogP contribution in [-0.2, 0) is 0 Å². The Morgan fingerprint density at radius 3 is 2.75 bits per heavy atom. The smallest absolute Gasteiger partial charge is 0.266 e. The van der Waals surface area contributed by atoms with Gasteiger partial charge in [0.2, 0.25) is 0 Å². The molecular weight excluding hydrogens is 104 g/mol. The molecule has 0 spiro atoms. The van der Waals surface area contributed by atoms with Crippen molar-refractivity contribution in [1.29, 1.82) is 0 Å². The van der Waals surface area contributed by atoms with Gasteiger partial charge in [0.15, 0.2) is 0 Å². The third kappa shape index (κ3) is 0.932. The Morgan fingerprint density at radius 1 is 1.62 bits per heavy atom. The molecule has 0 aliphatic heterocycles. The average molecular weight is 110 g/mol. The van der Waals surface area contributed by atoms with Crippen LogP contribution in [0, 0.1) is 6.92 Å². The molecule has 1 aromatic heterocycles. The highest BCUT2D eigenvalue weighted by atomic mass is 16.1. The number of nitrogens with zero attached hydrogens (tertiary/aromatic N) is 1. The quantitative estimate of drug-likeness (QED) is 0.514. The molecule has 0 amide bonds. The van der Waals surface area contributed by atoms with E-state index >= 15 is 0 Å². The van der Waals surface area contributed by atoms with Crippen molar-refractivity contribution in [1.82, 2.24) is 9.97 Å². The van der Waals surface area contributed by atoms with Crippen molar-refractivity contribution in [3.63, 3.8) is 0 Å². The minimum absolute atomic E-state index is 0.148. The molecule has 0 unspecified atom stereocenters. The lowest BCUT2D eigenvalue weighted by atomic mass is 10.5. The van der Waals surface area contributed by atoms with Crippen molar-refractivity contribution < 1.29 is 0 Å². The van der Waals surface area contributed by atoms with Gasteiger partial charge in [-0.1, -0.05) is 0 Å². The van der Waals surface area contributed by atoms with Crippen LogP contribution in [0.4, 0.5) is 0 Å². The number of hydrogen-bond acceptors (Lipinski definition) is 2. The largest absolute Gasteiger partial charge is 0.324 e. The molecule has 0 aliphatic carbocycles. The highest BCUT2D eigenvalue weighted by Crippen LogP contribution is 1.76. The minimum atomic E-state index is -0.148. The molecule has 0 fully saturated rings. The summed E-state index contributed by atoms with van der Waals surface area (Å²) < 4.78 is 0. The van der Waals surface area contributed by atoms with Gasteiger partial charge in [-0.05, 0) is 6.92 Å². The summed E-state index contributed by atoms with van der Waals surface area (Å²) in [5.74, 6) is 0. The van der Waals surface area contributed by atoms with Gasteiger partial charge in [-0.3, -0.25) is 9.78 Å². The first-order valence-corrected chi connectivity index (χ1v) is 2.30. The van der Waals surface area contributed by atoms with E-state index in [-0.39, 0.29) is 5.56 Å². The second-order valence-electron chi connectivity index (χ2n) is 1.58. The summed E-state index contributed by atoms with van der Waals surface area (Å²) in [4.78, 5) is 16.6. The number of rotatable bonds is 0. The summed E-state index contributed by atoms with van der Waals surface area (Å²) in [6.45, 7) is 1.79. The lowest BCUT2D eigenvalue weighted by Crippen LogP contribution is -2.05. The predicted molar refractivity (Wildman–Crippen MR) is 29.6 cm³/mol. The zero-order valence-corrected chi connectivity index (χ0v) is 4.51. The maximum Gasteiger partial charge on any atom is 0.266 e. The van der Waals surface area contributed by atoms with E-state index in [9.17, 15) is 4.79 Å². The highest BCUT2D eigenvalue weighted by molar-refractivity contribution is 4.89. The Morgan fingerprint density at radius 2 is 2.38 bits per heavy atom. The molecule has 0 saturated carbocycles. The van der Waals surface area contributed by atoms with Crippen LogP contribution in [-0.4, -0.2) is 9.97 Å². The minimum Gasteiger partial charge on any atom is -0.324 e. The zero-order valence-electron chi connectivity index (χ0n) is 4.51. The molecule has 0 aliphatic rings. The topological polar surface area (TPSA) is 45.8 Å². The lowest BCUT2D eigenvalue weighted by molar-refractivity contribution is 1.07. The molecule has 1 rings (SSSR count). The number of aromatic amines is 1. The van der Waals surface area contributed by atoms with Gasteiger partial charge in [-0.2, -0.15) is 0 Å². The van der Waals surface area contributed by atoms with Gasteiger partial charge < -0.3 is 4.98 Å². The predicted octanol–water partition coefficient (Wildman–Crippen LogP) is 0.0783. The van der Waals surface area contributed by atoms with Gasteiger partial charge in [0, 0.05) is 11.9 Å². The summed E-state index contributed by atoms with van der Waals surface area (Å²) in [6, 6.07) is 0. The van der Waals surface area contributed by atoms with Crippen molar-refractivity contribution in [2.75, 3.05) is 0 Å². The van der Waals surface area contributed by atoms with Gasteiger partial charge >= 0.3 is 0 Å². The van der Waals surface area contributed by atoms with Crippen LogP contribution in [0.25, 0.3) is 0 Å². The van der Waals surface area contributed by atoms with Crippen molar-refractivity contribution >= 4 is 0 Å². The Balaban J connectivity index is 3.28. The lowest BCUT2D eigenvalue weighted by Gasteiger charge is -1.84. The molecule has 42 valence electrons. The van der Waals surface area contributed by atoms with Gasteiger partial charge in [0.1, 0.15) is 0 Å². The summed E-state index contributed by atoms with van der Waals surface area (Å²) >= 11 is 0. The summed E-state index contributed by atoms with van der Waals surface area (Å²) in [7, 11) is 0. The molecule has 0 aromatic carbocycles. The van der Waals surface area contributed by atoms with E-state index < -0.39 is 0 Å². The fraction of sp³-hybridized carbons (Fsp3) is 0.200. The summed E-state index contributed by atoms with van der Waals surface area (Å²) in [5.41, 5.74) is 0.641. The number of aryl methyl sites for hydroxylation is 1. The molecule has 3 heteroatoms. The van der Waals surface area contributed by atoms with Crippen molar-refractivity contribution in [2.24, 2.45) is 0 Å². The van der Waals surface area contributed by atoms with Crippen LogP contribution < -0.4 is 5.56 Å². The summed E-state index contributed by atoms with van der Waals surface area (Å²) in [5, 5.41) is 0. The molecule has 0 atom stereocenters. The van der Waals surface area contributed by atoms with Crippen molar-refractivity contribution in [3.05, 3.63) is 28.4 Å². The highest BCUT2D eigenvalue weighted by Gasteiger charge is 1.80. The van der Waals surface area contributed by atoms with E-state index in [0.29, 0.717) is 0 Å². The first-order valence-electron chi connectivity index (χ1n) is 2.30. The van der Waals surface area contributed by atoms with Crippen LogP contribution in [0.3, 0.4) is 0 Å². The van der Waals surface area contributed by atoms with Gasteiger partial charge in [-0.15, -0.1) is 0 Å². The van der Waals surface area contributed by atoms with E-state index in [2.05, 4.69) is 9.97 Å². The fourth-order valence-corrected chi connectivity index (χ4v) is 0.476. The van der Waals surface area contributed by atoms with Crippen LogP contribution >= 0.6 is 0 Å². The molecule has 1 N–H and O–H groups in total. The standard InChI is InChI=1S/C5H6N2O/c1-4-2-6-3-5(8)7-4/h2-3H,1H3,(H,7,8). The number of hydrogen-bond donors (Lipinski definition) is 1. The van der Waals surface area contributed by atoms with Crippen LogP contribution in [0.5, 0.6) is 0 Å². The first kappa shape index (κ1) is 5.03. The van der Waals surface area contributed by atoms with Gasteiger partial charge in [0.05, 0.1) is 6.20 Å². The molecule has 3 nitrogen and oxygen atoms in total. The Kier molecular flexibility index (Phi) is 1.12. The Bertz CT molecular complexity index is 228. The van der Waals surface area contributed by atoms with E-state index in [0.717, 1.165) is 5.69 Å². The van der Waals surface area contributed by atoms with Crippen LogP contribution in [0.15, 0.2) is 17.2 Å². The second-order valence-corrected chi connectivity index (χ2v) is 1.58. The average Bonchev–Trinajstić information content (AvgIpc) is 1.64. The monoisotopic (exact) mass is 110 g/mol. The molecular formula is C5H6N2O. The van der Waals surface area contributed by atoms with Crippen LogP contribution in [0.1, 0.15) is 5.69 Å². The molecule has 0 bridgehead atoms. The number of H-pyrrole nitrogens is 1. The van der Waals surface area contributed by atoms with Crippen molar-refractivity contribution in [2.45, 2.75) is 6.92 Å². The first-order chi connectivity index (χ1) is 3.79. The maximum atomic E-state index is 10.4. The number of nitrogens with one attached hydrogen (secondary N) is 1. The number of aromatic nitrogens is 2. The molecule has 0 saturated heterocycles. The third-order valence-corrected chi connectivity index (χ3v) is 0.780. The molecule has 1 heterocycles. The van der Waals surface area contributed by atoms with Gasteiger partial charge in [-0.25, -0.2) is 0 Å². The van der Waals surface area contributed by atoms with Gasteiger partial charge in [0.25, 0.3) is 5.56 Å². The second kappa shape index (κ2) is 1.78. The maximum absolute atomic E-state index is 10.4. The van der Waals surface area contributed by atoms with Crippen molar-refractivity contribution in [3.8, 4) is 0 Å².